The summed E-state index contributed by atoms with van der Waals surface area (Å²) < 4.78 is 10.8. The lowest BCUT2D eigenvalue weighted by atomic mass is 9.87. The Morgan fingerprint density at radius 3 is 2.83 bits per heavy atom. The average molecular weight is 328 g/mol. The number of aliphatic hydroxyl groups excluding tert-OH is 1. The third-order valence-electron chi connectivity index (χ3n) is 4.59. The van der Waals surface area contributed by atoms with Gasteiger partial charge in [-0.3, -0.25) is 0 Å². The number of β-amino-alcohol motifs (C(OH)–C–C–N with tert-alkyl or cyclic N) is 1. The van der Waals surface area contributed by atoms with Gasteiger partial charge in [0.05, 0.1) is 6.10 Å². The van der Waals surface area contributed by atoms with E-state index in [1.165, 1.54) is 0 Å². The molecule has 0 amide bonds. The van der Waals surface area contributed by atoms with Crippen molar-refractivity contribution in [2.24, 2.45) is 0 Å². The smallest absolute Gasteiger partial charge is 0.231 e. The molecule has 0 aliphatic carbocycles. The zero-order valence-electron chi connectivity index (χ0n) is 13.5. The van der Waals surface area contributed by atoms with Gasteiger partial charge in [0.15, 0.2) is 11.5 Å². The topological polar surface area (TPSA) is 93.7 Å². The first-order valence-corrected chi connectivity index (χ1v) is 8.04. The predicted molar refractivity (Wildman–Crippen MR) is 89.3 cm³/mol. The number of ether oxygens (including phenoxy) is 2. The van der Waals surface area contributed by atoms with Crippen LogP contribution >= 0.6 is 0 Å². The van der Waals surface area contributed by atoms with Gasteiger partial charge in [-0.1, -0.05) is 6.07 Å². The number of piperidine rings is 1. The largest absolute Gasteiger partial charge is 0.454 e. The number of benzene rings is 1. The summed E-state index contributed by atoms with van der Waals surface area (Å²) >= 11 is 0. The molecule has 2 aliphatic rings. The highest BCUT2D eigenvalue weighted by Gasteiger charge is 2.30. The van der Waals surface area contributed by atoms with Crippen molar-refractivity contribution in [2.75, 3.05) is 30.5 Å². The van der Waals surface area contributed by atoms with E-state index in [1.54, 1.807) is 0 Å². The summed E-state index contributed by atoms with van der Waals surface area (Å²) in [6.07, 6.45) is 0.333. The minimum absolute atomic E-state index is 0.0658. The fraction of sp³-hybridized carbons (Fsp3) is 0.412. The molecule has 0 bridgehead atoms. The molecule has 2 atom stereocenters. The number of aryl methyl sites for hydroxylation is 1. The molecular formula is C17H20N4O3. The van der Waals surface area contributed by atoms with Gasteiger partial charge in [0.1, 0.15) is 5.82 Å². The van der Waals surface area contributed by atoms with Gasteiger partial charge in [0.2, 0.25) is 12.7 Å². The first kappa shape index (κ1) is 15.0. The molecule has 0 radical (unpaired) electrons. The summed E-state index contributed by atoms with van der Waals surface area (Å²) in [6.45, 7) is 3.45. The lowest BCUT2D eigenvalue weighted by molar-refractivity contribution is 0.129. The van der Waals surface area contributed by atoms with Crippen LogP contribution in [0.5, 0.6) is 11.5 Å². The van der Waals surface area contributed by atoms with Crippen LogP contribution in [0, 0.1) is 6.92 Å². The summed E-state index contributed by atoms with van der Waals surface area (Å²) in [6, 6.07) is 7.78. The summed E-state index contributed by atoms with van der Waals surface area (Å²) in [5.74, 6) is 2.61. The molecule has 7 heteroatoms. The molecule has 4 rings (SSSR count). The van der Waals surface area contributed by atoms with E-state index < -0.39 is 6.10 Å². The lowest BCUT2D eigenvalue weighted by Crippen LogP contribution is -2.43. The minimum Gasteiger partial charge on any atom is -0.454 e. The van der Waals surface area contributed by atoms with Crippen molar-refractivity contribution >= 4 is 11.8 Å². The van der Waals surface area contributed by atoms with E-state index in [-0.39, 0.29) is 18.7 Å². The van der Waals surface area contributed by atoms with Crippen LogP contribution < -0.4 is 20.1 Å². The molecule has 1 aromatic heterocycles. The molecule has 1 aromatic carbocycles. The lowest BCUT2D eigenvalue weighted by Gasteiger charge is -2.37. The molecule has 126 valence electrons. The van der Waals surface area contributed by atoms with E-state index in [1.807, 2.05) is 31.2 Å². The number of aliphatic hydroxyl groups is 1. The Bertz CT molecular complexity index is 747. The number of aromatic nitrogens is 2. The second-order valence-corrected chi connectivity index (χ2v) is 6.25. The number of hydrogen-bond acceptors (Lipinski definition) is 7. The van der Waals surface area contributed by atoms with E-state index in [9.17, 15) is 5.11 Å². The SMILES string of the molecule is Cc1cc(N2CC[C@@H](c3ccc4c(c3)OCO4)[C@H](O)C2)nc(N)n1. The first-order chi connectivity index (χ1) is 11.6. The van der Waals surface area contributed by atoms with Crippen molar-refractivity contribution in [1.82, 2.24) is 9.97 Å². The van der Waals surface area contributed by atoms with Gasteiger partial charge in [-0.2, -0.15) is 4.98 Å². The van der Waals surface area contributed by atoms with Crippen LogP contribution in [0.15, 0.2) is 24.3 Å². The van der Waals surface area contributed by atoms with Gasteiger partial charge in [-0.15, -0.1) is 0 Å². The normalized spacial score (nSPS) is 22.7. The van der Waals surface area contributed by atoms with Gasteiger partial charge in [-0.25, -0.2) is 4.98 Å². The van der Waals surface area contributed by atoms with E-state index >= 15 is 0 Å². The van der Waals surface area contributed by atoms with Crippen LogP contribution in [0.1, 0.15) is 23.6 Å². The van der Waals surface area contributed by atoms with Crippen molar-refractivity contribution in [2.45, 2.75) is 25.4 Å². The standard InChI is InChI=1S/C17H20N4O3/c1-10-6-16(20-17(18)19-10)21-5-4-12(13(22)8-21)11-2-3-14-15(7-11)24-9-23-14/h2-3,6-7,12-13,22H,4-5,8-9H2,1H3,(H2,18,19,20)/t12-,13+/m0/s1. The zero-order chi connectivity index (χ0) is 16.7. The highest BCUT2D eigenvalue weighted by atomic mass is 16.7. The number of anilines is 2. The Morgan fingerprint density at radius 1 is 1.21 bits per heavy atom. The average Bonchev–Trinajstić information content (AvgIpc) is 3.01. The maximum absolute atomic E-state index is 10.7. The van der Waals surface area contributed by atoms with Crippen LogP contribution in [0.2, 0.25) is 0 Å². The minimum atomic E-state index is -0.490. The molecule has 0 unspecified atom stereocenters. The Morgan fingerprint density at radius 2 is 2.04 bits per heavy atom. The van der Waals surface area contributed by atoms with Crippen molar-refractivity contribution in [1.29, 1.82) is 0 Å². The third-order valence-corrected chi connectivity index (χ3v) is 4.59. The zero-order valence-corrected chi connectivity index (χ0v) is 13.5. The highest BCUT2D eigenvalue weighted by molar-refractivity contribution is 5.47. The number of hydrogen-bond donors (Lipinski definition) is 2. The molecule has 1 saturated heterocycles. The molecule has 0 spiro atoms. The Hall–Kier alpha value is -2.54. The van der Waals surface area contributed by atoms with Gasteiger partial charge in [0, 0.05) is 30.8 Å². The molecule has 7 nitrogen and oxygen atoms in total. The Labute approximate surface area is 140 Å². The van der Waals surface area contributed by atoms with Crippen molar-refractivity contribution in [3.05, 3.63) is 35.5 Å². The summed E-state index contributed by atoms with van der Waals surface area (Å²) in [5, 5.41) is 10.7. The molecule has 24 heavy (non-hydrogen) atoms. The van der Waals surface area contributed by atoms with E-state index in [0.29, 0.717) is 6.54 Å². The molecule has 1 fully saturated rings. The van der Waals surface area contributed by atoms with Crippen LogP contribution in [0.3, 0.4) is 0 Å². The van der Waals surface area contributed by atoms with Crippen LogP contribution in [0.25, 0.3) is 0 Å². The van der Waals surface area contributed by atoms with Crippen LogP contribution in [0.4, 0.5) is 11.8 Å². The third kappa shape index (κ3) is 2.71. The van der Waals surface area contributed by atoms with Gasteiger partial charge >= 0.3 is 0 Å². The maximum atomic E-state index is 10.7. The van der Waals surface area contributed by atoms with Crippen LogP contribution in [-0.2, 0) is 0 Å². The van der Waals surface area contributed by atoms with Crippen molar-refractivity contribution in [3.63, 3.8) is 0 Å². The first-order valence-electron chi connectivity index (χ1n) is 8.04. The van der Waals surface area contributed by atoms with Gasteiger partial charge in [-0.05, 0) is 31.0 Å². The van der Waals surface area contributed by atoms with E-state index in [2.05, 4.69) is 14.9 Å². The molecule has 2 aliphatic heterocycles. The molecular weight excluding hydrogens is 308 g/mol. The fourth-order valence-corrected chi connectivity index (χ4v) is 3.41. The van der Waals surface area contributed by atoms with Crippen LogP contribution in [-0.4, -0.2) is 41.1 Å². The van der Waals surface area contributed by atoms with Crippen molar-refractivity contribution in [3.8, 4) is 11.5 Å². The molecule has 3 heterocycles. The summed E-state index contributed by atoms with van der Waals surface area (Å²) in [5.41, 5.74) is 7.63. The number of fused-ring (bicyclic) bond motifs is 1. The van der Waals surface area contributed by atoms with E-state index in [4.69, 9.17) is 15.2 Å². The highest BCUT2D eigenvalue weighted by Crippen LogP contribution is 2.38. The second kappa shape index (κ2) is 5.83. The summed E-state index contributed by atoms with van der Waals surface area (Å²) in [4.78, 5) is 10.4. The second-order valence-electron chi connectivity index (χ2n) is 6.25. The summed E-state index contributed by atoms with van der Waals surface area (Å²) in [7, 11) is 0. The molecule has 2 aromatic rings. The van der Waals surface area contributed by atoms with E-state index in [0.717, 1.165) is 41.5 Å². The van der Waals surface area contributed by atoms with Gasteiger partial charge in [0.25, 0.3) is 0 Å². The number of rotatable bonds is 2. The molecule has 3 N–H and O–H groups in total. The predicted octanol–water partition coefficient (Wildman–Crippen LogP) is 1.45. The molecule has 0 saturated carbocycles. The Balaban J connectivity index is 1.52. The quantitative estimate of drug-likeness (QED) is 0.861. The number of nitrogens with zero attached hydrogens (tertiary/aromatic N) is 3. The monoisotopic (exact) mass is 328 g/mol. The Kier molecular flexibility index (Phi) is 3.65. The van der Waals surface area contributed by atoms with Gasteiger partial charge < -0.3 is 25.2 Å². The fourth-order valence-electron chi connectivity index (χ4n) is 3.41. The maximum Gasteiger partial charge on any atom is 0.231 e. The number of nitrogen functional groups attached to an aromatic ring is 1. The number of nitrogens with two attached hydrogens (primary N) is 1. The van der Waals surface area contributed by atoms with Crippen molar-refractivity contribution < 1.29 is 14.6 Å².